The van der Waals surface area contributed by atoms with Gasteiger partial charge in [-0.05, 0) is 56.8 Å². The Kier molecular flexibility index (Phi) is 4.33. The normalized spacial score (nSPS) is 38.4. The Hall–Kier alpha value is -0.440. The second-order valence-corrected chi connectivity index (χ2v) is 5.89. The topological polar surface area (TPSA) is 0 Å². The van der Waals surface area contributed by atoms with Crippen LogP contribution in [-0.2, 0) is 0 Å². The second kappa shape index (κ2) is 5.76. The van der Waals surface area contributed by atoms with E-state index in [0.717, 1.165) is 23.7 Å². The molecule has 4 unspecified atom stereocenters. The van der Waals surface area contributed by atoms with Gasteiger partial charge in [0, 0.05) is 5.92 Å². The molecule has 2 rings (SSSR count). The average Bonchev–Trinajstić information content (AvgIpc) is 2.30. The van der Waals surface area contributed by atoms with Crippen LogP contribution in [0.1, 0.15) is 65.2 Å². The van der Waals surface area contributed by atoms with E-state index in [4.69, 9.17) is 0 Å². The highest BCUT2D eigenvalue weighted by Gasteiger charge is 2.34. The predicted octanol–water partition coefficient (Wildman–Crippen LogP) is 4.64. The van der Waals surface area contributed by atoms with E-state index in [9.17, 15) is 0 Å². The molecular weight excluding hydrogens is 192 g/mol. The smallest absolute Gasteiger partial charge is 0.0205 e. The molecule has 16 heavy (non-hydrogen) atoms. The Morgan fingerprint density at radius 2 is 1.75 bits per heavy atom. The van der Waals surface area contributed by atoms with Crippen LogP contribution in [0.4, 0.5) is 0 Å². The predicted molar refractivity (Wildman–Crippen MR) is 70.0 cm³/mol. The molecule has 0 N–H and O–H groups in total. The first-order chi connectivity index (χ1) is 7.83. The maximum absolute atomic E-state index is 3.40. The molecule has 0 aliphatic heterocycles. The molecular formula is C16H26. The van der Waals surface area contributed by atoms with Crippen molar-refractivity contribution in [3.05, 3.63) is 0 Å². The molecule has 0 heterocycles. The summed E-state index contributed by atoms with van der Waals surface area (Å²) in [5.74, 6) is 10.4. The Morgan fingerprint density at radius 3 is 2.50 bits per heavy atom. The number of rotatable bonds is 2. The number of hydrogen-bond donors (Lipinski definition) is 0. The molecule has 2 aliphatic carbocycles. The van der Waals surface area contributed by atoms with Gasteiger partial charge in [0.25, 0.3) is 0 Å². The quantitative estimate of drug-likeness (QED) is 0.592. The zero-order valence-electron chi connectivity index (χ0n) is 11.0. The molecule has 0 aromatic heterocycles. The molecule has 0 aromatic carbocycles. The summed E-state index contributed by atoms with van der Waals surface area (Å²) in [6.45, 7) is 4.32. The van der Waals surface area contributed by atoms with E-state index in [1.54, 1.807) is 0 Å². The van der Waals surface area contributed by atoms with Crippen LogP contribution in [0.25, 0.3) is 0 Å². The van der Waals surface area contributed by atoms with Gasteiger partial charge in [0.05, 0.1) is 0 Å². The van der Waals surface area contributed by atoms with Gasteiger partial charge in [0.2, 0.25) is 0 Å². The van der Waals surface area contributed by atoms with Crippen LogP contribution in [0.2, 0.25) is 0 Å². The molecule has 0 spiro atoms. The number of hydrogen-bond acceptors (Lipinski definition) is 0. The van der Waals surface area contributed by atoms with Gasteiger partial charge in [-0.15, -0.1) is 11.8 Å². The van der Waals surface area contributed by atoms with E-state index in [2.05, 4.69) is 18.8 Å². The molecule has 0 bridgehead atoms. The largest absolute Gasteiger partial charge is 0.106 e. The third-order valence-corrected chi connectivity index (χ3v) is 4.77. The lowest BCUT2D eigenvalue weighted by atomic mass is 9.64. The zero-order valence-corrected chi connectivity index (χ0v) is 11.0. The zero-order chi connectivity index (χ0) is 11.4. The van der Waals surface area contributed by atoms with Crippen molar-refractivity contribution in [3.63, 3.8) is 0 Å². The minimum Gasteiger partial charge on any atom is -0.106 e. The van der Waals surface area contributed by atoms with Crippen molar-refractivity contribution < 1.29 is 0 Å². The maximum Gasteiger partial charge on any atom is 0.0205 e. The van der Waals surface area contributed by atoms with E-state index < -0.39 is 0 Å². The van der Waals surface area contributed by atoms with Gasteiger partial charge in [-0.2, -0.15) is 0 Å². The Balaban J connectivity index is 1.86. The fourth-order valence-corrected chi connectivity index (χ4v) is 3.99. The molecule has 0 aromatic rings. The molecule has 0 saturated heterocycles. The van der Waals surface area contributed by atoms with E-state index in [1.807, 2.05) is 6.92 Å². The van der Waals surface area contributed by atoms with Crippen LogP contribution in [0.3, 0.4) is 0 Å². The lowest BCUT2D eigenvalue weighted by Crippen LogP contribution is -2.30. The van der Waals surface area contributed by atoms with E-state index in [-0.39, 0.29) is 0 Å². The monoisotopic (exact) mass is 218 g/mol. The molecule has 0 radical (unpaired) electrons. The van der Waals surface area contributed by atoms with Crippen molar-refractivity contribution in [2.45, 2.75) is 65.2 Å². The lowest BCUT2D eigenvalue weighted by Gasteiger charge is -2.41. The van der Waals surface area contributed by atoms with E-state index in [1.165, 1.54) is 51.4 Å². The first-order valence-electron chi connectivity index (χ1n) is 7.25. The van der Waals surface area contributed by atoms with E-state index in [0.29, 0.717) is 0 Å². The van der Waals surface area contributed by atoms with Crippen LogP contribution in [0.5, 0.6) is 0 Å². The Bertz CT molecular complexity index is 267. The maximum atomic E-state index is 3.40. The van der Waals surface area contributed by atoms with Gasteiger partial charge in [-0.3, -0.25) is 0 Å². The fourth-order valence-electron chi connectivity index (χ4n) is 3.99. The summed E-state index contributed by atoms with van der Waals surface area (Å²) in [5, 5.41) is 0. The van der Waals surface area contributed by atoms with Crippen molar-refractivity contribution in [1.82, 2.24) is 0 Å². The SMILES string of the molecule is CC#CC1CCC2CC(CCC)CCC2C1. The standard InChI is InChI=1S/C16H26/c1-3-5-13-7-9-16-12-14(6-4-2)8-10-15(16)11-13/h13-16H,3,5,7-12H2,1-2H3. The van der Waals surface area contributed by atoms with Crippen molar-refractivity contribution in [2.24, 2.45) is 23.7 Å². The minimum absolute atomic E-state index is 0.731. The van der Waals surface area contributed by atoms with Crippen molar-refractivity contribution in [2.75, 3.05) is 0 Å². The molecule has 4 atom stereocenters. The van der Waals surface area contributed by atoms with Gasteiger partial charge in [-0.1, -0.05) is 26.2 Å². The summed E-state index contributed by atoms with van der Waals surface area (Å²) in [4.78, 5) is 0. The third kappa shape index (κ3) is 2.82. The molecule has 0 amide bonds. The molecule has 0 heteroatoms. The number of fused-ring (bicyclic) bond motifs is 1. The minimum atomic E-state index is 0.731. The van der Waals surface area contributed by atoms with Crippen LogP contribution < -0.4 is 0 Å². The van der Waals surface area contributed by atoms with Crippen LogP contribution >= 0.6 is 0 Å². The van der Waals surface area contributed by atoms with Crippen molar-refractivity contribution in [1.29, 1.82) is 0 Å². The molecule has 2 aliphatic rings. The lowest BCUT2D eigenvalue weighted by molar-refractivity contribution is 0.109. The highest BCUT2D eigenvalue weighted by Crippen LogP contribution is 2.45. The second-order valence-electron chi connectivity index (χ2n) is 5.89. The van der Waals surface area contributed by atoms with Gasteiger partial charge in [-0.25, -0.2) is 0 Å². The summed E-state index contributed by atoms with van der Waals surface area (Å²) in [6, 6.07) is 0. The third-order valence-electron chi connectivity index (χ3n) is 4.77. The average molecular weight is 218 g/mol. The molecule has 0 nitrogen and oxygen atoms in total. The first-order valence-corrected chi connectivity index (χ1v) is 7.25. The highest BCUT2D eigenvalue weighted by molar-refractivity contribution is 5.04. The van der Waals surface area contributed by atoms with Gasteiger partial charge in [0.1, 0.15) is 0 Å². The van der Waals surface area contributed by atoms with Gasteiger partial charge in [0.15, 0.2) is 0 Å². The molecule has 2 saturated carbocycles. The molecule has 2 fully saturated rings. The van der Waals surface area contributed by atoms with Crippen LogP contribution in [0.15, 0.2) is 0 Å². The van der Waals surface area contributed by atoms with Crippen LogP contribution in [0, 0.1) is 35.5 Å². The van der Waals surface area contributed by atoms with Gasteiger partial charge < -0.3 is 0 Å². The first kappa shape index (κ1) is 12.0. The summed E-state index contributed by atoms with van der Waals surface area (Å²) in [5.41, 5.74) is 0. The van der Waals surface area contributed by atoms with Crippen LogP contribution in [-0.4, -0.2) is 0 Å². The van der Waals surface area contributed by atoms with Crippen molar-refractivity contribution in [3.8, 4) is 11.8 Å². The van der Waals surface area contributed by atoms with Crippen molar-refractivity contribution >= 4 is 0 Å². The molecule has 90 valence electrons. The van der Waals surface area contributed by atoms with E-state index >= 15 is 0 Å². The Morgan fingerprint density at radius 1 is 1.00 bits per heavy atom. The summed E-state index contributed by atoms with van der Waals surface area (Å²) in [6.07, 6.45) is 11.6. The summed E-state index contributed by atoms with van der Waals surface area (Å²) < 4.78 is 0. The summed E-state index contributed by atoms with van der Waals surface area (Å²) >= 11 is 0. The fraction of sp³-hybridized carbons (Fsp3) is 0.875. The van der Waals surface area contributed by atoms with Gasteiger partial charge >= 0.3 is 0 Å². The summed E-state index contributed by atoms with van der Waals surface area (Å²) in [7, 11) is 0. The highest BCUT2D eigenvalue weighted by atomic mass is 14.4. The Labute approximate surface area is 101 Å².